The van der Waals surface area contributed by atoms with Crippen LogP contribution in [0.1, 0.15) is 52.9 Å². The second kappa shape index (κ2) is 9.54. The number of fused-ring (bicyclic) bond motifs is 1. The van der Waals surface area contributed by atoms with Crippen LogP contribution in [0, 0.1) is 17.8 Å². The van der Waals surface area contributed by atoms with Crippen molar-refractivity contribution in [2.45, 2.75) is 82.7 Å². The highest BCUT2D eigenvalue weighted by Crippen LogP contribution is 2.55. The number of amides is 3. The van der Waals surface area contributed by atoms with Gasteiger partial charge < -0.3 is 25.0 Å². The van der Waals surface area contributed by atoms with E-state index in [0.29, 0.717) is 23.8 Å². The van der Waals surface area contributed by atoms with Gasteiger partial charge in [-0.05, 0) is 44.2 Å². The zero-order valence-corrected chi connectivity index (χ0v) is 21.5. The van der Waals surface area contributed by atoms with Gasteiger partial charge in [-0.2, -0.15) is 0 Å². The van der Waals surface area contributed by atoms with Crippen molar-refractivity contribution in [2.75, 3.05) is 12.4 Å². The molecule has 3 aliphatic heterocycles. The van der Waals surface area contributed by atoms with Crippen molar-refractivity contribution in [3.63, 3.8) is 0 Å². The van der Waals surface area contributed by atoms with E-state index in [1.54, 1.807) is 36.3 Å². The smallest absolute Gasteiger partial charge is 0.246 e. The Bertz CT molecular complexity index is 1070. The van der Waals surface area contributed by atoms with E-state index in [1.165, 1.54) is 6.42 Å². The predicted molar refractivity (Wildman–Crippen MR) is 135 cm³/mol. The van der Waals surface area contributed by atoms with Gasteiger partial charge in [0.1, 0.15) is 17.4 Å². The molecule has 0 radical (unpaired) electrons. The van der Waals surface area contributed by atoms with Gasteiger partial charge in [0.05, 0.1) is 25.0 Å². The Morgan fingerprint density at radius 3 is 2.75 bits per heavy atom. The SMILES string of the molecule is CC[C@H](C)N1C(=O)[C@H]2[C@H](C(=O)Nc3cccc(OC)c3)[C@H]3C=C[C@@]2(O3)[C@@H]1C(=O)N[C@H]1CCCC[C@H]1C. The normalized spacial score (nSPS) is 35.4. The van der Waals surface area contributed by atoms with Crippen LogP contribution in [0.25, 0.3) is 0 Å². The first-order valence-electron chi connectivity index (χ1n) is 13.2. The molecular formula is C28H37N3O5. The molecular weight excluding hydrogens is 458 g/mol. The Morgan fingerprint density at radius 1 is 1.25 bits per heavy atom. The number of carbonyl (C=O) groups excluding carboxylic acids is 3. The van der Waals surface area contributed by atoms with Gasteiger partial charge in [0.15, 0.2) is 0 Å². The second-order valence-corrected chi connectivity index (χ2v) is 10.8. The summed E-state index contributed by atoms with van der Waals surface area (Å²) in [5, 5.41) is 6.21. The summed E-state index contributed by atoms with van der Waals surface area (Å²) >= 11 is 0. The largest absolute Gasteiger partial charge is 0.497 e. The first-order chi connectivity index (χ1) is 17.3. The van der Waals surface area contributed by atoms with Crippen molar-refractivity contribution in [1.82, 2.24) is 10.2 Å². The zero-order valence-electron chi connectivity index (χ0n) is 21.5. The van der Waals surface area contributed by atoms with E-state index in [1.807, 2.05) is 26.0 Å². The van der Waals surface area contributed by atoms with Crippen LogP contribution in [0.15, 0.2) is 36.4 Å². The van der Waals surface area contributed by atoms with Crippen LogP contribution in [-0.2, 0) is 19.1 Å². The molecule has 2 saturated heterocycles. The Morgan fingerprint density at radius 2 is 2.03 bits per heavy atom. The maximum absolute atomic E-state index is 13.9. The third kappa shape index (κ3) is 3.90. The number of benzene rings is 1. The van der Waals surface area contributed by atoms with Gasteiger partial charge in [0.2, 0.25) is 17.7 Å². The maximum atomic E-state index is 13.9. The third-order valence-electron chi connectivity index (χ3n) is 8.71. The maximum Gasteiger partial charge on any atom is 0.246 e. The molecule has 194 valence electrons. The van der Waals surface area contributed by atoms with Gasteiger partial charge >= 0.3 is 0 Å². The molecule has 1 spiro atoms. The van der Waals surface area contributed by atoms with Gasteiger partial charge in [-0.1, -0.05) is 44.9 Å². The predicted octanol–water partition coefficient (Wildman–Crippen LogP) is 3.28. The van der Waals surface area contributed by atoms with Gasteiger partial charge in [0.25, 0.3) is 0 Å². The number of rotatable bonds is 7. The number of hydrogen-bond acceptors (Lipinski definition) is 5. The van der Waals surface area contributed by atoms with Crippen LogP contribution in [0.3, 0.4) is 0 Å². The standard InChI is InChI=1S/C28H37N3O5/c1-5-17(3)31-24(26(33)30-20-12-7-6-9-16(20)2)28-14-13-21(36-28)22(23(28)27(31)34)25(32)29-18-10-8-11-19(15-18)35-4/h8,10-11,13-17,20-24H,5-7,9,12H2,1-4H3,(H,29,32)(H,30,33)/t16-,17+,20+,21-,22-,23-,24+,28+/m1/s1. The molecule has 2 bridgehead atoms. The Balaban J connectivity index is 1.44. The molecule has 1 saturated carbocycles. The van der Waals surface area contributed by atoms with Gasteiger partial charge in [-0.3, -0.25) is 14.4 Å². The lowest BCUT2D eigenvalue weighted by molar-refractivity contribution is -0.143. The molecule has 1 aromatic rings. The number of methoxy groups -OCH3 is 1. The third-order valence-corrected chi connectivity index (χ3v) is 8.71. The molecule has 8 heteroatoms. The van der Waals surface area contributed by atoms with Crippen molar-refractivity contribution in [2.24, 2.45) is 17.8 Å². The molecule has 0 unspecified atom stereocenters. The molecule has 4 aliphatic rings. The van der Waals surface area contributed by atoms with Crippen molar-refractivity contribution in [1.29, 1.82) is 0 Å². The van der Waals surface area contributed by atoms with E-state index < -0.39 is 29.6 Å². The van der Waals surface area contributed by atoms with Crippen molar-refractivity contribution in [3.8, 4) is 5.75 Å². The Hall–Kier alpha value is -2.87. The highest BCUT2D eigenvalue weighted by atomic mass is 16.5. The highest BCUT2D eigenvalue weighted by molar-refractivity contribution is 6.03. The Kier molecular flexibility index (Phi) is 6.57. The summed E-state index contributed by atoms with van der Waals surface area (Å²) in [6.45, 7) is 6.14. The van der Waals surface area contributed by atoms with E-state index in [-0.39, 0.29) is 29.8 Å². The first kappa shape index (κ1) is 24.8. The van der Waals surface area contributed by atoms with Crippen molar-refractivity contribution < 1.29 is 23.9 Å². The zero-order chi connectivity index (χ0) is 25.6. The minimum absolute atomic E-state index is 0.0883. The number of ether oxygens (including phenoxy) is 2. The minimum atomic E-state index is -1.14. The van der Waals surface area contributed by atoms with Crippen molar-refractivity contribution >= 4 is 23.4 Å². The molecule has 0 aromatic heterocycles. The van der Waals surface area contributed by atoms with Crippen LogP contribution in [0.4, 0.5) is 5.69 Å². The molecule has 3 heterocycles. The monoisotopic (exact) mass is 495 g/mol. The molecule has 1 aromatic carbocycles. The lowest BCUT2D eigenvalue weighted by atomic mass is 9.74. The Labute approximate surface area is 212 Å². The molecule has 5 rings (SSSR count). The average Bonchev–Trinajstić information content (AvgIpc) is 3.52. The summed E-state index contributed by atoms with van der Waals surface area (Å²) in [4.78, 5) is 43.0. The van der Waals surface area contributed by atoms with Gasteiger partial charge in [-0.25, -0.2) is 0 Å². The van der Waals surface area contributed by atoms with Crippen molar-refractivity contribution in [3.05, 3.63) is 36.4 Å². The summed E-state index contributed by atoms with van der Waals surface area (Å²) in [6.07, 6.45) is 8.17. The summed E-state index contributed by atoms with van der Waals surface area (Å²) in [5.41, 5.74) is -0.547. The summed E-state index contributed by atoms with van der Waals surface area (Å²) in [7, 11) is 1.57. The van der Waals surface area contributed by atoms with E-state index >= 15 is 0 Å². The van der Waals surface area contributed by atoms with Crippen LogP contribution >= 0.6 is 0 Å². The minimum Gasteiger partial charge on any atom is -0.497 e. The number of anilines is 1. The first-order valence-corrected chi connectivity index (χ1v) is 13.2. The molecule has 3 fully saturated rings. The topological polar surface area (TPSA) is 97.0 Å². The van der Waals surface area contributed by atoms with E-state index in [4.69, 9.17) is 9.47 Å². The number of likely N-dealkylation sites (tertiary alicyclic amines) is 1. The van der Waals surface area contributed by atoms with E-state index in [2.05, 4.69) is 17.6 Å². The molecule has 3 amide bonds. The van der Waals surface area contributed by atoms with Gasteiger partial charge in [-0.15, -0.1) is 0 Å². The molecule has 8 nitrogen and oxygen atoms in total. The average molecular weight is 496 g/mol. The number of nitrogens with zero attached hydrogens (tertiary/aromatic N) is 1. The number of hydrogen-bond donors (Lipinski definition) is 2. The van der Waals surface area contributed by atoms with Crippen LogP contribution in [0.2, 0.25) is 0 Å². The fourth-order valence-electron chi connectivity index (χ4n) is 6.60. The molecule has 1 aliphatic carbocycles. The fraction of sp³-hybridized carbons (Fsp3) is 0.607. The molecule has 2 N–H and O–H groups in total. The molecule has 8 atom stereocenters. The van der Waals surface area contributed by atoms with Crippen LogP contribution < -0.4 is 15.4 Å². The number of nitrogens with one attached hydrogen (secondary N) is 2. The number of carbonyl (C=O) groups is 3. The van der Waals surface area contributed by atoms with Crippen LogP contribution in [0.5, 0.6) is 5.75 Å². The van der Waals surface area contributed by atoms with E-state index in [9.17, 15) is 14.4 Å². The fourth-order valence-corrected chi connectivity index (χ4v) is 6.60. The summed E-state index contributed by atoms with van der Waals surface area (Å²) in [6, 6.07) is 6.25. The molecule has 36 heavy (non-hydrogen) atoms. The lowest BCUT2D eigenvalue weighted by Crippen LogP contribution is -2.58. The quantitative estimate of drug-likeness (QED) is 0.566. The summed E-state index contributed by atoms with van der Waals surface area (Å²) < 4.78 is 11.7. The highest BCUT2D eigenvalue weighted by Gasteiger charge is 2.73. The van der Waals surface area contributed by atoms with Crippen LogP contribution in [-0.4, -0.2) is 59.6 Å². The summed E-state index contributed by atoms with van der Waals surface area (Å²) in [5.74, 6) is -1.09. The second-order valence-electron chi connectivity index (χ2n) is 10.8. The van der Waals surface area contributed by atoms with Gasteiger partial charge in [0, 0.05) is 23.8 Å². The lowest BCUT2D eigenvalue weighted by Gasteiger charge is -2.37. The van der Waals surface area contributed by atoms with E-state index in [0.717, 1.165) is 19.3 Å².